The van der Waals surface area contributed by atoms with Crippen LogP contribution in [-0.4, -0.2) is 95.8 Å². The van der Waals surface area contributed by atoms with E-state index in [1.54, 1.807) is 16.2 Å². The van der Waals surface area contributed by atoms with Gasteiger partial charge in [-0.2, -0.15) is 18.4 Å². The monoisotopic (exact) mass is 1050 g/mol. The van der Waals surface area contributed by atoms with Crippen LogP contribution in [0.5, 0.6) is 5.75 Å². The number of halogens is 5. The highest BCUT2D eigenvalue weighted by atomic mass is 32.1. The van der Waals surface area contributed by atoms with Crippen LogP contribution in [0.1, 0.15) is 108 Å². The summed E-state index contributed by atoms with van der Waals surface area (Å²) in [6.07, 6.45) is -1.58. The first-order valence-electron chi connectivity index (χ1n) is 23.9. The van der Waals surface area contributed by atoms with Gasteiger partial charge in [0.25, 0.3) is 5.91 Å². The van der Waals surface area contributed by atoms with E-state index in [-0.39, 0.29) is 54.2 Å². The van der Waals surface area contributed by atoms with Crippen molar-refractivity contribution in [2.45, 2.75) is 117 Å². The molecule has 0 bridgehead atoms. The summed E-state index contributed by atoms with van der Waals surface area (Å²) >= 11 is 7.04. The lowest BCUT2D eigenvalue weighted by Crippen LogP contribution is -2.58. The van der Waals surface area contributed by atoms with Crippen LogP contribution in [0.15, 0.2) is 60.1 Å². The number of hydrogen-bond acceptors (Lipinski definition) is 11. The summed E-state index contributed by atoms with van der Waals surface area (Å²) in [7, 11) is 0. The Morgan fingerprint density at radius 1 is 0.932 bits per heavy atom. The summed E-state index contributed by atoms with van der Waals surface area (Å²) in [6, 6.07) is 12.1. The SMILES string of the molecule is Cc1ncsc1-c1ccc([C@H](C)NC(=O)[C@@H]2CCCN2C(=O)[C@@H](NC(=O)COCCCOCCCCCOc2c(F)cc(N3C(=S)N(c4ccc(C#N)c(C(F)(F)F)c4)C(=O)C3(C)C)cc2F)C(C)(C)C)cc1. The third-order valence-corrected chi connectivity index (χ3v) is 14.0. The average Bonchev–Trinajstić information content (AvgIpc) is 4.04. The van der Waals surface area contributed by atoms with Gasteiger partial charge in [0.1, 0.15) is 24.2 Å². The zero-order valence-corrected chi connectivity index (χ0v) is 43.4. The van der Waals surface area contributed by atoms with Crippen molar-refractivity contribution in [1.82, 2.24) is 20.5 Å². The Morgan fingerprint density at radius 3 is 2.22 bits per heavy atom. The number of alkyl halides is 3. The maximum atomic E-state index is 15.3. The molecule has 392 valence electrons. The first-order chi connectivity index (χ1) is 34.4. The van der Waals surface area contributed by atoms with Crippen molar-refractivity contribution >= 4 is 63.7 Å². The van der Waals surface area contributed by atoms with E-state index in [1.165, 1.54) is 19.9 Å². The summed E-state index contributed by atoms with van der Waals surface area (Å²) < 4.78 is 88.5. The number of ether oxygens (including phenoxy) is 3. The molecule has 0 saturated carbocycles. The molecule has 3 atom stereocenters. The number of carbonyl (C=O) groups is 4. The number of unbranched alkanes of at least 4 members (excludes halogenated alkanes) is 2. The fraction of sp³-hybridized carbons (Fsp3) is 0.481. The van der Waals surface area contributed by atoms with Crippen LogP contribution in [0.4, 0.5) is 33.3 Å². The number of rotatable bonds is 21. The molecule has 1 aromatic heterocycles. The lowest BCUT2D eigenvalue weighted by atomic mass is 9.85. The Bertz CT molecular complexity index is 2680. The van der Waals surface area contributed by atoms with Crippen LogP contribution in [0, 0.1) is 35.3 Å². The Kier molecular flexibility index (Phi) is 18.4. The fourth-order valence-corrected chi connectivity index (χ4v) is 10.0. The van der Waals surface area contributed by atoms with E-state index in [9.17, 15) is 37.6 Å². The highest BCUT2D eigenvalue weighted by Crippen LogP contribution is 2.41. The van der Waals surface area contributed by atoms with Gasteiger partial charge in [-0.3, -0.25) is 24.1 Å². The molecule has 2 aliphatic rings. The van der Waals surface area contributed by atoms with Gasteiger partial charge in [-0.15, -0.1) is 11.3 Å². The minimum atomic E-state index is -4.90. The molecule has 0 aliphatic carbocycles. The van der Waals surface area contributed by atoms with E-state index in [4.69, 9.17) is 26.4 Å². The summed E-state index contributed by atoms with van der Waals surface area (Å²) in [4.78, 5) is 63.1. The Labute approximate surface area is 431 Å². The second-order valence-electron chi connectivity index (χ2n) is 19.5. The molecule has 3 aromatic carbocycles. The predicted octanol–water partition coefficient (Wildman–Crippen LogP) is 9.58. The molecular formula is C52H60F5N7O7S2. The number of likely N-dealkylation sites (tertiary alicyclic amines) is 1. The number of thiocarbonyl (C=S) groups is 1. The summed E-state index contributed by atoms with van der Waals surface area (Å²) in [5.41, 5.74) is 0.198. The number of nitrogens with one attached hydrogen (secondary N) is 2. The van der Waals surface area contributed by atoms with Gasteiger partial charge in [-0.1, -0.05) is 45.0 Å². The summed E-state index contributed by atoms with van der Waals surface area (Å²) in [5.74, 6) is -4.59. The number of hydrogen-bond donors (Lipinski definition) is 2. The third-order valence-electron chi connectivity index (χ3n) is 12.6. The van der Waals surface area contributed by atoms with E-state index in [2.05, 4.69) is 15.6 Å². The molecule has 6 rings (SSSR count). The van der Waals surface area contributed by atoms with Crippen molar-refractivity contribution in [2.75, 3.05) is 49.4 Å². The number of amides is 4. The molecule has 2 fully saturated rings. The van der Waals surface area contributed by atoms with Crippen LogP contribution in [0.2, 0.25) is 0 Å². The zero-order valence-electron chi connectivity index (χ0n) is 41.8. The Hall–Kier alpha value is -6.08. The molecule has 4 amide bonds. The molecule has 14 nitrogen and oxygen atoms in total. The Morgan fingerprint density at radius 2 is 1.59 bits per heavy atom. The number of aryl methyl sites for hydroxylation is 1. The zero-order chi connectivity index (χ0) is 53.4. The van der Waals surface area contributed by atoms with E-state index in [0.29, 0.717) is 64.3 Å². The summed E-state index contributed by atoms with van der Waals surface area (Å²) in [5, 5.41) is 14.8. The van der Waals surface area contributed by atoms with Gasteiger partial charge >= 0.3 is 6.18 Å². The van der Waals surface area contributed by atoms with E-state index >= 15 is 8.78 Å². The largest absolute Gasteiger partial charge is 0.488 e. The maximum Gasteiger partial charge on any atom is 0.417 e. The standard InChI is InChI=1S/C52H60F5N7O7S2/c1-31(33-14-16-34(17-15-33)44-32(2)59-30-73-44)60-46(66)41-13-11-20-62(41)47(67)45(50(3,4)5)61-42(65)29-70-23-12-22-69-21-9-8-10-24-71-43-39(53)26-37(27-40(43)54)64-49(72)63(48(68)51(64,6)7)36-19-18-35(28-58)38(25-36)52(55,56)57/h14-19,25-27,30-31,41,45H,8-13,20-24,29H2,1-7H3,(H,60,66)(H,61,65)/t31-,41-,45+/m0/s1. The molecule has 21 heteroatoms. The maximum absolute atomic E-state index is 15.3. The van der Waals surface area contributed by atoms with Gasteiger partial charge in [0.2, 0.25) is 17.7 Å². The number of anilines is 2. The highest BCUT2D eigenvalue weighted by molar-refractivity contribution is 7.81. The van der Waals surface area contributed by atoms with Gasteiger partial charge in [0, 0.05) is 38.5 Å². The molecule has 3 heterocycles. The number of benzene rings is 3. The number of thiazole rings is 1. The highest BCUT2D eigenvalue weighted by Gasteiger charge is 2.51. The lowest BCUT2D eigenvalue weighted by molar-refractivity contribution is -0.144. The Balaban J connectivity index is 0.874. The molecular weight excluding hydrogens is 994 g/mol. The van der Waals surface area contributed by atoms with Crippen LogP contribution in [-0.2, 0) is 34.8 Å². The lowest BCUT2D eigenvalue weighted by Gasteiger charge is -2.35. The molecule has 2 saturated heterocycles. The van der Waals surface area contributed by atoms with Crippen molar-refractivity contribution in [3.8, 4) is 22.3 Å². The van der Waals surface area contributed by atoms with Crippen molar-refractivity contribution in [3.05, 3.63) is 94.1 Å². The fourth-order valence-electron chi connectivity index (χ4n) is 8.68. The minimum Gasteiger partial charge on any atom is -0.488 e. The summed E-state index contributed by atoms with van der Waals surface area (Å²) in [6.45, 7) is 13.3. The quantitative estimate of drug-likeness (QED) is 0.0464. The number of carbonyl (C=O) groups excluding carboxylic acids is 4. The second kappa shape index (κ2) is 23.9. The molecule has 0 unspecified atom stereocenters. The van der Waals surface area contributed by atoms with Crippen molar-refractivity contribution < 1.29 is 55.3 Å². The molecule has 2 N–H and O–H groups in total. The van der Waals surface area contributed by atoms with Crippen LogP contribution in [0.25, 0.3) is 10.4 Å². The molecule has 0 radical (unpaired) electrons. The van der Waals surface area contributed by atoms with E-state index in [0.717, 1.165) is 55.8 Å². The van der Waals surface area contributed by atoms with E-state index in [1.807, 2.05) is 64.4 Å². The van der Waals surface area contributed by atoms with E-state index < -0.39 is 69.5 Å². The average molecular weight is 1050 g/mol. The van der Waals surface area contributed by atoms with Crippen LogP contribution < -0.4 is 25.2 Å². The third kappa shape index (κ3) is 13.4. The number of aromatic nitrogens is 1. The minimum absolute atomic E-state index is 0.0248. The smallest absolute Gasteiger partial charge is 0.417 e. The molecule has 73 heavy (non-hydrogen) atoms. The second-order valence-corrected chi connectivity index (χ2v) is 20.7. The predicted molar refractivity (Wildman–Crippen MR) is 270 cm³/mol. The van der Waals surface area contributed by atoms with Crippen molar-refractivity contribution in [2.24, 2.45) is 5.41 Å². The molecule has 0 spiro atoms. The normalized spacial score (nSPS) is 16.6. The molecule has 2 aliphatic heterocycles. The first-order valence-corrected chi connectivity index (χ1v) is 25.2. The van der Waals surface area contributed by atoms with Crippen LogP contribution in [0.3, 0.4) is 0 Å². The van der Waals surface area contributed by atoms with Crippen LogP contribution >= 0.6 is 23.6 Å². The number of nitrogens with zero attached hydrogens (tertiary/aromatic N) is 5. The van der Waals surface area contributed by atoms with Gasteiger partial charge in [0.05, 0.1) is 57.3 Å². The van der Waals surface area contributed by atoms with Gasteiger partial charge in [-0.05, 0) is 113 Å². The molecule has 4 aromatic rings. The van der Waals surface area contributed by atoms with Gasteiger partial charge in [-0.25, -0.2) is 13.8 Å². The topological polar surface area (TPSA) is 166 Å². The van der Waals surface area contributed by atoms with Crippen molar-refractivity contribution in [3.63, 3.8) is 0 Å². The number of nitriles is 1. The van der Waals surface area contributed by atoms with Gasteiger partial charge in [0.15, 0.2) is 22.5 Å². The first kappa shape index (κ1) is 56.2. The van der Waals surface area contributed by atoms with Crippen molar-refractivity contribution in [1.29, 1.82) is 5.26 Å². The van der Waals surface area contributed by atoms with Gasteiger partial charge < -0.3 is 34.6 Å².